The summed E-state index contributed by atoms with van der Waals surface area (Å²) in [5.41, 5.74) is 3.61. The zero-order valence-corrected chi connectivity index (χ0v) is 19.2. The number of aryl methyl sites for hydroxylation is 2. The molecule has 1 aliphatic rings. The Morgan fingerprint density at radius 1 is 1.24 bits per heavy atom. The number of carbonyl (C=O) groups is 1. The number of likely N-dealkylation sites (tertiary alicyclic amines) is 1. The fourth-order valence-corrected chi connectivity index (χ4v) is 4.23. The molecule has 2 heterocycles. The second-order valence-corrected chi connectivity index (χ2v) is 8.98. The molecule has 1 amide bonds. The molecule has 0 unspecified atom stereocenters. The zero-order chi connectivity index (χ0) is 23.9. The number of rotatable bonds is 5. The van der Waals surface area contributed by atoms with Crippen molar-refractivity contribution >= 4 is 12.1 Å². The Hall–Kier alpha value is -3.79. The molecule has 2 aromatic carbocycles. The molecule has 168 valence electrons. The normalized spacial score (nSPS) is 14.6. The maximum Gasteiger partial charge on any atom is 0.254 e. The van der Waals surface area contributed by atoms with E-state index in [2.05, 4.69) is 9.97 Å². The molecule has 0 spiro atoms. The smallest absolute Gasteiger partial charge is 0.254 e. The molecule has 0 atom stereocenters. The fourth-order valence-electron chi connectivity index (χ4n) is 4.23. The van der Waals surface area contributed by atoms with Gasteiger partial charge in [-0.05, 0) is 48.7 Å². The second kappa shape index (κ2) is 8.28. The second-order valence-electron chi connectivity index (χ2n) is 8.98. The lowest BCUT2D eigenvalue weighted by Gasteiger charge is -2.45. The van der Waals surface area contributed by atoms with Gasteiger partial charge in [0.1, 0.15) is 5.82 Å². The maximum atomic E-state index is 15.4. The van der Waals surface area contributed by atoms with Crippen LogP contribution in [0.15, 0.2) is 36.4 Å². The van der Waals surface area contributed by atoms with Crippen LogP contribution in [0.5, 0.6) is 0 Å². The number of nitriles is 1. The number of halogens is 1. The van der Waals surface area contributed by atoms with Crippen LogP contribution in [0.25, 0.3) is 11.3 Å². The molecule has 0 saturated carbocycles. The number of aromatic amines is 1. The van der Waals surface area contributed by atoms with Gasteiger partial charge in [0, 0.05) is 23.3 Å². The molecule has 0 bridgehead atoms. The first kappa shape index (κ1) is 22.4. The van der Waals surface area contributed by atoms with Gasteiger partial charge in [-0.15, -0.1) is 0 Å². The van der Waals surface area contributed by atoms with E-state index < -0.39 is 5.67 Å². The van der Waals surface area contributed by atoms with Crippen molar-refractivity contribution < 1.29 is 9.18 Å². The minimum absolute atomic E-state index is 0.0357. The molecule has 1 fully saturated rings. The maximum absolute atomic E-state index is 15.4. The van der Waals surface area contributed by atoms with E-state index in [0.29, 0.717) is 28.1 Å². The van der Waals surface area contributed by atoms with Crippen molar-refractivity contribution in [3.8, 4) is 17.3 Å². The highest BCUT2D eigenvalue weighted by Gasteiger charge is 2.47. The number of H-pyrrole nitrogens is 1. The summed E-state index contributed by atoms with van der Waals surface area (Å²) in [5, 5.41) is 16.7. The molecule has 7 heteroatoms. The van der Waals surface area contributed by atoms with Crippen LogP contribution < -0.4 is 0 Å². The lowest BCUT2D eigenvalue weighted by molar-refractivity contribution is -0.0231. The first-order valence-corrected chi connectivity index (χ1v) is 10.9. The van der Waals surface area contributed by atoms with Gasteiger partial charge in [0.15, 0.2) is 5.67 Å². The first-order chi connectivity index (χ1) is 15.7. The van der Waals surface area contributed by atoms with Crippen LogP contribution in [0.4, 0.5) is 4.39 Å². The van der Waals surface area contributed by atoms with Crippen LogP contribution in [-0.4, -0.2) is 40.1 Å². The molecule has 0 aliphatic carbocycles. The van der Waals surface area contributed by atoms with Gasteiger partial charge in [-0.2, -0.15) is 5.26 Å². The van der Waals surface area contributed by atoms with Crippen LogP contribution in [0, 0.1) is 30.6 Å². The summed E-state index contributed by atoms with van der Waals surface area (Å²) in [6, 6.07) is 12.2. The lowest BCUT2D eigenvalue weighted by atomic mass is 9.86. The van der Waals surface area contributed by atoms with Crippen molar-refractivity contribution in [2.45, 2.75) is 39.3 Å². The Labute approximate surface area is 192 Å². The third kappa shape index (κ3) is 3.93. The standard InChI is InChI=1S/C26H26FN5O/c1-15(2)24-30-22(12-29)23(31-24)20-10-21(17(4)9-16(20)3)25(33)32-13-26(27,14-32)19-7-5-18(11-28)6-8-19/h5-10,12,15,29H,13-14H2,1-4H3,(H,30,31). The topological polar surface area (TPSA) is 96.6 Å². The Bertz CT molecular complexity index is 1280. The highest BCUT2D eigenvalue weighted by molar-refractivity contribution is 5.98. The third-order valence-corrected chi connectivity index (χ3v) is 6.20. The molecule has 0 radical (unpaired) electrons. The minimum Gasteiger partial charge on any atom is -0.340 e. The van der Waals surface area contributed by atoms with Crippen molar-refractivity contribution in [1.29, 1.82) is 10.7 Å². The Morgan fingerprint density at radius 3 is 2.48 bits per heavy atom. The van der Waals surface area contributed by atoms with Gasteiger partial charge in [-0.1, -0.05) is 32.0 Å². The molecular weight excluding hydrogens is 417 g/mol. The van der Waals surface area contributed by atoms with E-state index in [0.717, 1.165) is 22.5 Å². The van der Waals surface area contributed by atoms with Gasteiger partial charge in [-0.3, -0.25) is 4.79 Å². The largest absolute Gasteiger partial charge is 0.340 e. The highest BCUT2D eigenvalue weighted by Crippen LogP contribution is 2.38. The van der Waals surface area contributed by atoms with E-state index in [1.165, 1.54) is 11.1 Å². The highest BCUT2D eigenvalue weighted by atomic mass is 19.1. The molecule has 1 aliphatic heterocycles. The fraction of sp³-hybridized carbons (Fsp3) is 0.308. The van der Waals surface area contributed by atoms with Crippen LogP contribution in [0.3, 0.4) is 0 Å². The summed E-state index contributed by atoms with van der Waals surface area (Å²) in [4.78, 5) is 22.6. The van der Waals surface area contributed by atoms with Gasteiger partial charge in [0.2, 0.25) is 0 Å². The Morgan fingerprint density at radius 2 is 1.91 bits per heavy atom. The number of hydrogen-bond donors (Lipinski definition) is 2. The van der Waals surface area contributed by atoms with E-state index in [4.69, 9.17) is 10.7 Å². The molecule has 33 heavy (non-hydrogen) atoms. The van der Waals surface area contributed by atoms with E-state index in [9.17, 15) is 4.79 Å². The first-order valence-electron chi connectivity index (χ1n) is 10.9. The molecule has 6 nitrogen and oxygen atoms in total. The summed E-state index contributed by atoms with van der Waals surface area (Å²) in [7, 11) is 0. The number of nitrogens with one attached hydrogen (secondary N) is 2. The van der Waals surface area contributed by atoms with Crippen LogP contribution in [0.1, 0.15) is 63.9 Å². The number of alkyl halides is 1. The number of carbonyl (C=O) groups excluding carboxylic acids is 1. The van der Waals surface area contributed by atoms with Crippen molar-refractivity contribution in [3.05, 3.63) is 75.7 Å². The van der Waals surface area contributed by atoms with Crippen LogP contribution in [0.2, 0.25) is 0 Å². The average Bonchev–Trinajstić information content (AvgIpc) is 3.21. The summed E-state index contributed by atoms with van der Waals surface area (Å²) >= 11 is 0. The van der Waals surface area contributed by atoms with Crippen LogP contribution >= 0.6 is 0 Å². The minimum atomic E-state index is -1.62. The average molecular weight is 444 g/mol. The molecular formula is C26H26FN5O. The quantitative estimate of drug-likeness (QED) is 0.543. The third-order valence-electron chi connectivity index (χ3n) is 6.20. The monoisotopic (exact) mass is 443 g/mol. The number of aromatic nitrogens is 2. The predicted octanol–water partition coefficient (Wildman–Crippen LogP) is 5.01. The number of imidazole rings is 1. The summed E-state index contributed by atoms with van der Waals surface area (Å²) in [5.74, 6) is 0.723. The number of nitrogens with zero attached hydrogens (tertiary/aromatic N) is 3. The Kier molecular flexibility index (Phi) is 5.62. The van der Waals surface area contributed by atoms with Gasteiger partial charge >= 0.3 is 0 Å². The molecule has 4 rings (SSSR count). The molecule has 1 saturated heterocycles. The number of benzene rings is 2. The van der Waals surface area contributed by atoms with Gasteiger partial charge < -0.3 is 15.3 Å². The predicted molar refractivity (Wildman–Crippen MR) is 125 cm³/mol. The lowest BCUT2D eigenvalue weighted by Crippen LogP contribution is -2.58. The van der Waals surface area contributed by atoms with E-state index in [-0.39, 0.29) is 24.9 Å². The van der Waals surface area contributed by atoms with Gasteiger partial charge in [0.25, 0.3) is 5.91 Å². The zero-order valence-electron chi connectivity index (χ0n) is 19.2. The summed E-state index contributed by atoms with van der Waals surface area (Å²) in [6.07, 6.45) is 1.24. The number of hydrogen-bond acceptors (Lipinski definition) is 4. The van der Waals surface area contributed by atoms with E-state index in [1.807, 2.05) is 39.8 Å². The molecule has 3 aromatic rings. The van der Waals surface area contributed by atoms with Crippen LogP contribution in [-0.2, 0) is 5.67 Å². The van der Waals surface area contributed by atoms with Crippen molar-refractivity contribution in [2.24, 2.45) is 0 Å². The molecule has 2 N–H and O–H groups in total. The van der Waals surface area contributed by atoms with Crippen molar-refractivity contribution in [2.75, 3.05) is 13.1 Å². The van der Waals surface area contributed by atoms with Crippen molar-refractivity contribution in [1.82, 2.24) is 14.9 Å². The molecule has 1 aromatic heterocycles. The summed E-state index contributed by atoms with van der Waals surface area (Å²) in [6.45, 7) is 7.80. The van der Waals surface area contributed by atoms with E-state index >= 15 is 4.39 Å². The SMILES string of the molecule is Cc1cc(C)c(-c2nc(C(C)C)[nH]c2C=N)cc1C(=O)N1CC(F)(c2ccc(C#N)cc2)C1. The van der Waals surface area contributed by atoms with Crippen molar-refractivity contribution in [3.63, 3.8) is 0 Å². The summed E-state index contributed by atoms with van der Waals surface area (Å²) < 4.78 is 15.4. The Balaban J connectivity index is 1.62. The van der Waals surface area contributed by atoms with Gasteiger partial charge in [-0.25, -0.2) is 9.37 Å². The number of amides is 1. The van der Waals surface area contributed by atoms with Gasteiger partial charge in [0.05, 0.1) is 36.1 Å². The van der Waals surface area contributed by atoms with E-state index in [1.54, 1.807) is 30.3 Å².